The lowest BCUT2D eigenvalue weighted by molar-refractivity contribution is -0.00554. The molecular formula is C40H43F2N5O3. The summed E-state index contributed by atoms with van der Waals surface area (Å²) in [5.41, 5.74) is 0.730. The molecule has 260 valence electrons. The molecule has 50 heavy (non-hydrogen) atoms. The van der Waals surface area contributed by atoms with E-state index in [0.29, 0.717) is 54.8 Å². The molecule has 1 aromatic heterocycles. The van der Waals surface area contributed by atoms with Crippen molar-refractivity contribution in [2.24, 2.45) is 5.41 Å². The van der Waals surface area contributed by atoms with Crippen molar-refractivity contribution in [1.29, 1.82) is 0 Å². The van der Waals surface area contributed by atoms with Gasteiger partial charge in [-0.15, -0.1) is 18.8 Å². The maximum Gasteiger partial charge on any atom is 0.319 e. The van der Waals surface area contributed by atoms with Gasteiger partial charge in [-0.2, -0.15) is 9.97 Å². The van der Waals surface area contributed by atoms with Crippen molar-refractivity contribution in [3.8, 4) is 47.6 Å². The van der Waals surface area contributed by atoms with Crippen molar-refractivity contribution in [1.82, 2.24) is 20.2 Å². The number of allylic oxidation sites excluding steroid dienone is 1. The lowest BCUT2D eigenvalue weighted by Gasteiger charge is -2.40. The number of fused-ring (bicyclic) bond motifs is 5. The SMILES string of the molecule is C#C/C=C\c1cc(O)cc(-c2c(F)cc3c(N4CC5CCC(C4)N5)nc(OCC4(CN5C6CCC5CC(OC)C6)CC4)nc3c2F)c1CC#C. The molecule has 2 N–H and O–H groups in total. The Hall–Kier alpha value is -4.22. The van der Waals surface area contributed by atoms with Crippen LogP contribution in [0.2, 0.25) is 0 Å². The minimum Gasteiger partial charge on any atom is -0.508 e. The first-order valence-electron chi connectivity index (χ1n) is 17.8. The van der Waals surface area contributed by atoms with Crippen LogP contribution in [0.4, 0.5) is 14.6 Å². The van der Waals surface area contributed by atoms with Gasteiger partial charge in [-0.1, -0.05) is 5.92 Å². The number of phenolic OH excluding ortho intramolecular Hbond substituents is 1. The Morgan fingerprint density at radius 1 is 1.06 bits per heavy atom. The monoisotopic (exact) mass is 679 g/mol. The first-order chi connectivity index (χ1) is 24.3. The topological polar surface area (TPSA) is 83.0 Å². The van der Waals surface area contributed by atoms with Crippen LogP contribution in [0.15, 0.2) is 24.3 Å². The molecule has 1 saturated carbocycles. The molecule has 4 aliphatic heterocycles. The third kappa shape index (κ3) is 6.08. The lowest BCUT2D eigenvalue weighted by Crippen LogP contribution is -2.51. The maximum absolute atomic E-state index is 17.0. The van der Waals surface area contributed by atoms with Crippen LogP contribution >= 0.6 is 0 Å². The van der Waals surface area contributed by atoms with Crippen LogP contribution < -0.4 is 15.0 Å². The van der Waals surface area contributed by atoms with Crippen molar-refractivity contribution >= 4 is 22.8 Å². The third-order valence-corrected chi connectivity index (χ3v) is 11.7. The predicted octanol–water partition coefficient (Wildman–Crippen LogP) is 5.84. The van der Waals surface area contributed by atoms with E-state index in [0.717, 1.165) is 45.1 Å². The molecule has 1 aliphatic carbocycles. The fourth-order valence-corrected chi connectivity index (χ4v) is 8.97. The molecule has 0 radical (unpaired) electrons. The molecule has 4 atom stereocenters. The summed E-state index contributed by atoms with van der Waals surface area (Å²) in [5, 5.41) is 14.5. The molecule has 5 heterocycles. The van der Waals surface area contributed by atoms with E-state index in [-0.39, 0.29) is 57.7 Å². The molecule has 3 aromatic rings. The highest BCUT2D eigenvalue weighted by Gasteiger charge is 2.50. The van der Waals surface area contributed by atoms with Crippen molar-refractivity contribution in [3.63, 3.8) is 0 Å². The van der Waals surface area contributed by atoms with Crippen LogP contribution in [0.3, 0.4) is 0 Å². The molecule has 5 aliphatic rings. The minimum atomic E-state index is -0.860. The smallest absolute Gasteiger partial charge is 0.319 e. The van der Waals surface area contributed by atoms with Gasteiger partial charge in [-0.05, 0) is 98.4 Å². The number of phenols is 1. The number of aromatic nitrogens is 2. The molecule has 2 aromatic carbocycles. The van der Waals surface area contributed by atoms with Gasteiger partial charge >= 0.3 is 6.01 Å². The number of hydrogen-bond donors (Lipinski definition) is 2. The molecule has 10 heteroatoms. The van der Waals surface area contributed by atoms with Gasteiger partial charge in [0.1, 0.15) is 22.9 Å². The Balaban J connectivity index is 1.17. The number of aromatic hydroxyl groups is 1. The number of nitrogens with one attached hydrogen (secondary N) is 1. The molecule has 0 amide bonds. The second kappa shape index (κ2) is 13.2. The summed E-state index contributed by atoms with van der Waals surface area (Å²) in [7, 11) is 1.81. The number of piperidine rings is 1. The number of rotatable bonds is 10. The van der Waals surface area contributed by atoms with E-state index < -0.39 is 11.6 Å². The van der Waals surface area contributed by atoms with Gasteiger partial charge in [0.25, 0.3) is 0 Å². The van der Waals surface area contributed by atoms with Crippen molar-refractivity contribution in [2.75, 3.05) is 38.3 Å². The summed E-state index contributed by atoms with van der Waals surface area (Å²) in [5.74, 6) is 3.63. The van der Waals surface area contributed by atoms with Crippen molar-refractivity contribution < 1.29 is 23.4 Å². The molecule has 4 bridgehead atoms. The van der Waals surface area contributed by atoms with Gasteiger partial charge in [0.2, 0.25) is 0 Å². The number of benzene rings is 2. The Kier molecular flexibility index (Phi) is 8.67. The number of piperazine rings is 1. The third-order valence-electron chi connectivity index (χ3n) is 11.7. The Morgan fingerprint density at radius 2 is 1.80 bits per heavy atom. The molecule has 8 rings (SSSR count). The molecule has 4 unspecified atom stereocenters. The number of halogens is 2. The van der Waals surface area contributed by atoms with Crippen LogP contribution in [0.5, 0.6) is 11.8 Å². The zero-order valence-electron chi connectivity index (χ0n) is 28.4. The van der Waals surface area contributed by atoms with Gasteiger partial charge in [-0.25, -0.2) is 8.78 Å². The summed E-state index contributed by atoms with van der Waals surface area (Å²) in [6.07, 6.45) is 23.3. The average molecular weight is 680 g/mol. The quantitative estimate of drug-likeness (QED) is 0.259. The number of anilines is 1. The summed E-state index contributed by atoms with van der Waals surface area (Å²) < 4.78 is 45.4. The summed E-state index contributed by atoms with van der Waals surface area (Å²) in [4.78, 5) is 14.3. The second-order valence-corrected chi connectivity index (χ2v) is 14.9. The number of nitrogens with zero attached hydrogens (tertiary/aromatic N) is 4. The maximum atomic E-state index is 17.0. The van der Waals surface area contributed by atoms with E-state index in [1.165, 1.54) is 37.1 Å². The van der Waals surface area contributed by atoms with Crippen molar-refractivity contribution in [3.05, 3.63) is 47.0 Å². The van der Waals surface area contributed by atoms with E-state index in [9.17, 15) is 5.11 Å². The Bertz CT molecular complexity index is 1900. The largest absolute Gasteiger partial charge is 0.508 e. The number of ether oxygens (including phenoxy) is 2. The van der Waals surface area contributed by atoms with E-state index in [1.807, 2.05) is 7.11 Å². The highest BCUT2D eigenvalue weighted by Crippen LogP contribution is 2.50. The minimum absolute atomic E-state index is 0.00607. The molecular weight excluding hydrogens is 636 g/mol. The summed E-state index contributed by atoms with van der Waals surface area (Å²) >= 11 is 0. The van der Waals surface area contributed by atoms with Crippen LogP contribution in [0.1, 0.15) is 62.5 Å². The van der Waals surface area contributed by atoms with Gasteiger partial charge < -0.3 is 24.8 Å². The predicted molar refractivity (Wildman–Crippen MR) is 190 cm³/mol. The Morgan fingerprint density at radius 3 is 2.46 bits per heavy atom. The number of terminal acetylenes is 2. The number of hydrogen-bond acceptors (Lipinski definition) is 8. The van der Waals surface area contributed by atoms with E-state index in [2.05, 4.69) is 31.9 Å². The second-order valence-electron chi connectivity index (χ2n) is 14.9. The van der Waals surface area contributed by atoms with Gasteiger partial charge in [0.05, 0.1) is 18.3 Å². The van der Waals surface area contributed by atoms with Gasteiger partial charge in [0, 0.05) is 68.1 Å². The van der Waals surface area contributed by atoms with Gasteiger partial charge in [0.15, 0.2) is 5.82 Å². The standard InChI is InChI=1S/C40H43F2N5O3/c1-4-6-8-24-15-29(48)18-32(31(24)7-5-2)35-34(41)19-33-37(36(35)42)44-39(45-38(33)46-20-25-9-10-26(21-46)43-25)50-23-40(13-14-40)22-47-27-11-12-28(47)17-30(16-27)49-3/h1-2,6,8,15,18-19,25-28,30,43,48H,7,9-14,16-17,20-23H2,3H3/b8-6-. The highest BCUT2D eigenvalue weighted by atomic mass is 19.1. The highest BCUT2D eigenvalue weighted by molar-refractivity contribution is 5.94. The van der Waals surface area contributed by atoms with E-state index in [1.54, 1.807) is 6.08 Å². The summed E-state index contributed by atoms with van der Waals surface area (Å²) in [6.45, 7) is 2.71. The van der Waals surface area contributed by atoms with Gasteiger partial charge in [-0.3, -0.25) is 4.90 Å². The van der Waals surface area contributed by atoms with Crippen molar-refractivity contribution in [2.45, 2.75) is 88.1 Å². The van der Waals surface area contributed by atoms with Crippen LogP contribution in [0.25, 0.3) is 28.1 Å². The fourth-order valence-electron chi connectivity index (χ4n) is 8.97. The lowest BCUT2D eigenvalue weighted by atomic mass is 9.91. The zero-order valence-corrected chi connectivity index (χ0v) is 28.4. The first-order valence-corrected chi connectivity index (χ1v) is 17.8. The average Bonchev–Trinajstić information content (AvgIpc) is 3.74. The zero-order chi connectivity index (χ0) is 34.6. The molecule has 5 fully saturated rings. The normalized spacial score (nSPS) is 26.7. The van der Waals surface area contributed by atoms with Crippen LogP contribution in [0, 0.1) is 41.7 Å². The Labute approximate surface area is 292 Å². The van der Waals surface area contributed by atoms with Crippen LogP contribution in [-0.4, -0.2) is 83.6 Å². The molecule has 4 saturated heterocycles. The molecule has 8 nitrogen and oxygen atoms in total. The fraction of sp³-hybridized carbons (Fsp3) is 0.500. The molecule has 0 spiro atoms. The first kappa shape index (κ1) is 33.0. The van der Waals surface area contributed by atoms with Crippen LogP contribution in [-0.2, 0) is 11.2 Å². The summed E-state index contributed by atoms with van der Waals surface area (Å²) in [6, 6.07) is 5.81. The van der Waals surface area contributed by atoms with E-state index >= 15 is 8.78 Å². The van der Waals surface area contributed by atoms with E-state index in [4.69, 9.17) is 27.3 Å². The number of methoxy groups -OCH3 is 1.